The molecule has 0 atom stereocenters. The Hall–Kier alpha value is -1.24. The van der Waals surface area contributed by atoms with Crippen molar-refractivity contribution in [3.63, 3.8) is 0 Å². The number of anilines is 1. The Bertz CT molecular complexity index is 642. The van der Waals surface area contributed by atoms with Gasteiger partial charge in [-0.05, 0) is 30.8 Å². The van der Waals surface area contributed by atoms with Crippen LogP contribution in [0.1, 0.15) is 26.2 Å². The standard InChI is InChI=1S/C13H14ClN3OS2/c1-2-3-7-10(18)15-12(19)17-13-16-11-8(14)5-4-6-9(11)20-13/h4-6H,2-3,7H2,1H3,(H2,15,16,17,18,19). The third-order valence-corrected chi connectivity index (χ3v) is 4.05. The van der Waals surface area contributed by atoms with E-state index in [9.17, 15) is 4.79 Å². The molecule has 0 unspecified atom stereocenters. The van der Waals surface area contributed by atoms with E-state index in [0.717, 1.165) is 23.1 Å². The number of hydrogen-bond donors (Lipinski definition) is 2. The predicted octanol–water partition coefficient (Wildman–Crippen LogP) is 3.95. The number of thiocarbonyl (C=S) groups is 1. The molecule has 0 radical (unpaired) electrons. The first-order chi connectivity index (χ1) is 9.60. The van der Waals surface area contributed by atoms with Crippen molar-refractivity contribution in [2.24, 2.45) is 0 Å². The van der Waals surface area contributed by atoms with Gasteiger partial charge < -0.3 is 10.6 Å². The minimum absolute atomic E-state index is 0.0801. The smallest absolute Gasteiger partial charge is 0.226 e. The monoisotopic (exact) mass is 327 g/mol. The van der Waals surface area contributed by atoms with Gasteiger partial charge in [0.15, 0.2) is 10.2 Å². The molecule has 4 nitrogen and oxygen atoms in total. The van der Waals surface area contributed by atoms with Crippen LogP contribution < -0.4 is 10.6 Å². The molecule has 0 aliphatic heterocycles. The van der Waals surface area contributed by atoms with Crippen molar-refractivity contribution in [1.82, 2.24) is 10.3 Å². The van der Waals surface area contributed by atoms with Crippen molar-refractivity contribution in [2.75, 3.05) is 5.32 Å². The first-order valence-corrected chi connectivity index (χ1v) is 7.86. The van der Waals surface area contributed by atoms with E-state index >= 15 is 0 Å². The van der Waals surface area contributed by atoms with E-state index in [1.807, 2.05) is 19.1 Å². The zero-order valence-electron chi connectivity index (χ0n) is 10.9. The molecule has 1 amide bonds. The number of fused-ring (bicyclic) bond motifs is 1. The molecule has 0 saturated heterocycles. The van der Waals surface area contributed by atoms with E-state index in [2.05, 4.69) is 15.6 Å². The lowest BCUT2D eigenvalue weighted by Crippen LogP contribution is -2.33. The molecule has 0 fully saturated rings. The van der Waals surface area contributed by atoms with Crippen LogP contribution in [0.2, 0.25) is 5.02 Å². The molecular weight excluding hydrogens is 314 g/mol. The number of hydrogen-bond acceptors (Lipinski definition) is 4. The summed E-state index contributed by atoms with van der Waals surface area (Å²) in [6.45, 7) is 2.04. The highest BCUT2D eigenvalue weighted by molar-refractivity contribution is 7.80. The van der Waals surface area contributed by atoms with Crippen molar-refractivity contribution in [3.8, 4) is 0 Å². The van der Waals surface area contributed by atoms with Crippen LogP contribution >= 0.6 is 35.2 Å². The molecule has 7 heteroatoms. The molecule has 1 aromatic carbocycles. The van der Waals surface area contributed by atoms with Crippen LogP contribution in [0.4, 0.5) is 5.13 Å². The number of thiazole rings is 1. The molecule has 2 aromatic rings. The Labute approximate surface area is 131 Å². The third-order valence-electron chi connectivity index (χ3n) is 2.60. The number of benzene rings is 1. The number of unbranched alkanes of at least 4 members (excludes halogenated alkanes) is 1. The van der Waals surface area contributed by atoms with Gasteiger partial charge >= 0.3 is 0 Å². The highest BCUT2D eigenvalue weighted by atomic mass is 35.5. The van der Waals surface area contributed by atoms with Crippen molar-refractivity contribution in [3.05, 3.63) is 23.2 Å². The first kappa shape index (κ1) is 15.2. The highest BCUT2D eigenvalue weighted by Crippen LogP contribution is 2.30. The van der Waals surface area contributed by atoms with Crippen LogP contribution in [0, 0.1) is 0 Å². The number of carbonyl (C=O) groups excluding carboxylic acids is 1. The molecular formula is C13H14ClN3OS2. The number of nitrogens with one attached hydrogen (secondary N) is 2. The summed E-state index contributed by atoms with van der Waals surface area (Å²) in [4.78, 5) is 15.9. The Morgan fingerprint density at radius 2 is 2.30 bits per heavy atom. The summed E-state index contributed by atoms with van der Waals surface area (Å²) in [6.07, 6.45) is 2.30. The van der Waals surface area contributed by atoms with Crippen LogP contribution in [-0.4, -0.2) is 16.0 Å². The summed E-state index contributed by atoms with van der Waals surface area (Å²) in [5.74, 6) is -0.0801. The predicted molar refractivity (Wildman–Crippen MR) is 88.5 cm³/mol. The fourth-order valence-electron chi connectivity index (χ4n) is 1.62. The summed E-state index contributed by atoms with van der Waals surface area (Å²) < 4.78 is 0.972. The molecule has 106 valence electrons. The molecule has 2 rings (SSSR count). The summed E-state index contributed by atoms with van der Waals surface area (Å²) in [6, 6.07) is 5.60. The summed E-state index contributed by atoms with van der Waals surface area (Å²) >= 11 is 12.6. The van der Waals surface area contributed by atoms with Crippen LogP contribution in [0.3, 0.4) is 0 Å². The topological polar surface area (TPSA) is 54.0 Å². The average molecular weight is 328 g/mol. The van der Waals surface area contributed by atoms with Gasteiger partial charge in [0.2, 0.25) is 5.91 Å². The highest BCUT2D eigenvalue weighted by Gasteiger charge is 2.09. The molecule has 0 bridgehead atoms. The van der Waals surface area contributed by atoms with E-state index in [0.29, 0.717) is 16.6 Å². The zero-order valence-corrected chi connectivity index (χ0v) is 13.3. The van der Waals surface area contributed by atoms with Crippen LogP contribution in [-0.2, 0) is 4.79 Å². The van der Waals surface area contributed by atoms with Gasteiger partial charge in [-0.2, -0.15) is 0 Å². The molecule has 20 heavy (non-hydrogen) atoms. The Kier molecular flexibility index (Phi) is 5.28. The molecule has 1 aromatic heterocycles. The Balaban J connectivity index is 1.99. The summed E-state index contributed by atoms with van der Waals surface area (Å²) in [7, 11) is 0. The van der Waals surface area contributed by atoms with Crippen LogP contribution in [0.5, 0.6) is 0 Å². The average Bonchev–Trinajstić information content (AvgIpc) is 2.80. The van der Waals surface area contributed by atoms with Gasteiger partial charge in [-0.25, -0.2) is 4.98 Å². The number of aromatic nitrogens is 1. The van der Waals surface area contributed by atoms with Gasteiger partial charge in [0.05, 0.1) is 9.72 Å². The zero-order chi connectivity index (χ0) is 14.5. The van der Waals surface area contributed by atoms with Gasteiger partial charge in [0.25, 0.3) is 0 Å². The van der Waals surface area contributed by atoms with E-state index in [4.69, 9.17) is 23.8 Å². The van der Waals surface area contributed by atoms with E-state index in [1.165, 1.54) is 11.3 Å². The van der Waals surface area contributed by atoms with Gasteiger partial charge in [-0.15, -0.1) is 0 Å². The van der Waals surface area contributed by atoms with Gasteiger partial charge in [-0.1, -0.05) is 42.3 Å². The van der Waals surface area contributed by atoms with Gasteiger partial charge in [0, 0.05) is 6.42 Å². The third kappa shape index (κ3) is 3.88. The van der Waals surface area contributed by atoms with E-state index in [1.54, 1.807) is 6.07 Å². The second-order valence-corrected chi connectivity index (χ2v) is 6.06. The quantitative estimate of drug-likeness (QED) is 0.835. The maximum absolute atomic E-state index is 11.6. The SMILES string of the molecule is CCCCC(=O)NC(=S)Nc1nc2c(Cl)cccc2s1. The fourth-order valence-corrected chi connectivity index (χ4v) is 3.07. The number of rotatable bonds is 4. The normalized spacial score (nSPS) is 10.5. The minimum atomic E-state index is -0.0801. The molecule has 2 N–H and O–H groups in total. The maximum Gasteiger partial charge on any atom is 0.226 e. The largest absolute Gasteiger partial charge is 0.308 e. The number of halogens is 1. The summed E-state index contributed by atoms with van der Waals surface area (Å²) in [5.41, 5.74) is 0.738. The minimum Gasteiger partial charge on any atom is -0.308 e. The lowest BCUT2D eigenvalue weighted by Gasteiger charge is -2.06. The molecule has 0 saturated carbocycles. The number of nitrogens with zero attached hydrogens (tertiary/aromatic N) is 1. The molecule has 0 aliphatic rings. The second kappa shape index (κ2) is 6.97. The molecule has 0 aliphatic carbocycles. The fraction of sp³-hybridized carbons (Fsp3) is 0.308. The molecule has 0 spiro atoms. The number of amides is 1. The Morgan fingerprint density at radius 3 is 3.00 bits per heavy atom. The van der Waals surface area contributed by atoms with Gasteiger partial charge in [0.1, 0.15) is 5.52 Å². The summed E-state index contributed by atoms with van der Waals surface area (Å²) in [5, 5.41) is 7.04. The lowest BCUT2D eigenvalue weighted by atomic mass is 10.2. The molecule has 1 heterocycles. The van der Waals surface area contributed by atoms with Crippen molar-refractivity contribution >= 4 is 61.5 Å². The van der Waals surface area contributed by atoms with Crippen molar-refractivity contribution < 1.29 is 4.79 Å². The first-order valence-electron chi connectivity index (χ1n) is 6.26. The van der Waals surface area contributed by atoms with Gasteiger partial charge in [-0.3, -0.25) is 4.79 Å². The Morgan fingerprint density at radius 1 is 1.50 bits per heavy atom. The van der Waals surface area contributed by atoms with Crippen LogP contribution in [0.15, 0.2) is 18.2 Å². The van der Waals surface area contributed by atoms with E-state index < -0.39 is 0 Å². The maximum atomic E-state index is 11.6. The second-order valence-electron chi connectivity index (χ2n) is 4.21. The van der Waals surface area contributed by atoms with E-state index in [-0.39, 0.29) is 11.0 Å². The van der Waals surface area contributed by atoms with Crippen molar-refractivity contribution in [1.29, 1.82) is 0 Å². The number of carbonyl (C=O) groups is 1. The van der Waals surface area contributed by atoms with Crippen LogP contribution in [0.25, 0.3) is 10.2 Å². The number of para-hydroxylation sites is 1. The van der Waals surface area contributed by atoms with Crippen molar-refractivity contribution in [2.45, 2.75) is 26.2 Å². The lowest BCUT2D eigenvalue weighted by molar-refractivity contribution is -0.119.